The van der Waals surface area contributed by atoms with Crippen LogP contribution in [0.1, 0.15) is 50.2 Å². The number of likely N-dealkylation sites (tertiary alicyclic amines) is 1. The van der Waals surface area contributed by atoms with E-state index in [4.69, 9.17) is 9.47 Å². The minimum Gasteiger partial charge on any atom is -0.465 e. The summed E-state index contributed by atoms with van der Waals surface area (Å²) >= 11 is 0. The fourth-order valence-electron chi connectivity index (χ4n) is 6.83. The van der Waals surface area contributed by atoms with Gasteiger partial charge >= 0.3 is 5.97 Å². The zero-order chi connectivity index (χ0) is 27.7. The Hall–Kier alpha value is -2.97. The summed E-state index contributed by atoms with van der Waals surface area (Å²) in [5.74, 6) is -2.55. The standard InChI is InChI=1S/C30H40N2O6/c1-6-8-19-37-28(36)23-22-26(34)32(17-9-10-18-33)25(30(22)15-14-29(23,5)38-30)27(35)31(16-7-2)24-20(3)12-11-13-21(24)4/h6-7,11-13,22-23,25,33H,1-2,8-10,14-19H2,3-5H3/t22-,23-,25?,29+,30?/m0/s1. The number of benzene rings is 1. The Balaban J connectivity index is 1.78. The number of aryl methyl sites for hydroxylation is 2. The molecule has 0 saturated carbocycles. The van der Waals surface area contributed by atoms with E-state index in [1.54, 1.807) is 22.0 Å². The van der Waals surface area contributed by atoms with Crippen LogP contribution in [0, 0.1) is 25.7 Å². The van der Waals surface area contributed by atoms with Crippen molar-refractivity contribution in [2.24, 2.45) is 11.8 Å². The largest absolute Gasteiger partial charge is 0.465 e. The monoisotopic (exact) mass is 524 g/mol. The summed E-state index contributed by atoms with van der Waals surface area (Å²) in [6, 6.07) is 4.97. The lowest BCUT2D eigenvalue weighted by Crippen LogP contribution is -2.56. The molecule has 3 heterocycles. The highest BCUT2D eigenvalue weighted by molar-refractivity contribution is 6.05. The molecule has 1 aromatic rings. The highest BCUT2D eigenvalue weighted by Gasteiger charge is 2.78. The van der Waals surface area contributed by atoms with Crippen LogP contribution >= 0.6 is 0 Å². The van der Waals surface area contributed by atoms with Crippen LogP contribution in [0.5, 0.6) is 0 Å². The first-order chi connectivity index (χ1) is 18.2. The number of carbonyl (C=O) groups is 3. The predicted octanol–water partition coefficient (Wildman–Crippen LogP) is 3.48. The number of aliphatic hydroxyl groups is 1. The van der Waals surface area contributed by atoms with E-state index in [1.807, 2.05) is 39.0 Å². The number of ether oxygens (including phenoxy) is 2. The molecule has 3 fully saturated rings. The topological polar surface area (TPSA) is 96.4 Å². The van der Waals surface area contributed by atoms with Crippen LogP contribution in [-0.4, -0.2) is 71.3 Å². The highest BCUT2D eigenvalue weighted by Crippen LogP contribution is 2.63. The summed E-state index contributed by atoms with van der Waals surface area (Å²) in [4.78, 5) is 45.3. The van der Waals surface area contributed by atoms with E-state index in [0.29, 0.717) is 38.6 Å². The molecule has 4 rings (SSSR count). The lowest BCUT2D eigenvalue weighted by molar-refractivity contribution is -0.159. The second kappa shape index (κ2) is 11.0. The SMILES string of the molecule is C=CCCOC(=O)[C@@H]1[C@H]2C(=O)N(CCCCO)C(C(=O)N(CC=C)c3c(C)cccc3C)C23CC[C@@]1(C)O3. The maximum absolute atomic E-state index is 14.6. The van der Waals surface area contributed by atoms with Gasteiger partial charge in [0.15, 0.2) is 0 Å². The summed E-state index contributed by atoms with van der Waals surface area (Å²) in [5, 5.41) is 9.38. The van der Waals surface area contributed by atoms with E-state index in [-0.39, 0.29) is 31.6 Å². The number of hydrogen-bond acceptors (Lipinski definition) is 6. The van der Waals surface area contributed by atoms with Crippen molar-refractivity contribution in [3.63, 3.8) is 0 Å². The van der Waals surface area contributed by atoms with Crippen LogP contribution in [0.25, 0.3) is 0 Å². The molecule has 2 amide bonds. The van der Waals surface area contributed by atoms with Crippen molar-refractivity contribution >= 4 is 23.5 Å². The fraction of sp³-hybridized carbons (Fsp3) is 0.567. The molecule has 2 bridgehead atoms. The summed E-state index contributed by atoms with van der Waals surface area (Å²) < 4.78 is 12.2. The molecule has 0 aromatic heterocycles. The zero-order valence-electron chi connectivity index (χ0n) is 22.8. The van der Waals surface area contributed by atoms with Gasteiger partial charge in [-0.2, -0.15) is 0 Å². The lowest BCUT2D eigenvalue weighted by atomic mass is 9.66. The number of anilines is 1. The van der Waals surface area contributed by atoms with Crippen LogP contribution in [0.15, 0.2) is 43.5 Å². The van der Waals surface area contributed by atoms with Crippen LogP contribution in [0.3, 0.4) is 0 Å². The number of para-hydroxylation sites is 1. The van der Waals surface area contributed by atoms with Crippen LogP contribution in [-0.2, 0) is 23.9 Å². The average molecular weight is 525 g/mol. The maximum atomic E-state index is 14.6. The minimum atomic E-state index is -1.12. The van der Waals surface area contributed by atoms with Gasteiger partial charge in [0.25, 0.3) is 5.91 Å². The molecule has 3 aliphatic rings. The van der Waals surface area contributed by atoms with Gasteiger partial charge in [0.05, 0.1) is 18.1 Å². The number of aliphatic hydroxyl groups excluding tert-OH is 1. The van der Waals surface area contributed by atoms with Crippen molar-refractivity contribution in [3.8, 4) is 0 Å². The fourth-order valence-corrected chi connectivity index (χ4v) is 6.83. The molecular weight excluding hydrogens is 484 g/mol. The van der Waals surface area contributed by atoms with Crippen molar-refractivity contribution in [1.82, 2.24) is 4.90 Å². The molecule has 206 valence electrons. The molecule has 38 heavy (non-hydrogen) atoms. The molecule has 3 aliphatic heterocycles. The first kappa shape index (κ1) is 28.0. The summed E-state index contributed by atoms with van der Waals surface area (Å²) in [5.41, 5.74) is 0.665. The molecule has 5 atom stereocenters. The van der Waals surface area contributed by atoms with Gasteiger partial charge in [0.1, 0.15) is 17.6 Å². The minimum absolute atomic E-state index is 0.00691. The Morgan fingerprint density at radius 2 is 1.92 bits per heavy atom. The third-order valence-electron chi connectivity index (χ3n) is 8.43. The molecule has 0 aliphatic carbocycles. The summed E-state index contributed by atoms with van der Waals surface area (Å²) in [6.45, 7) is 14.1. The van der Waals surface area contributed by atoms with E-state index in [9.17, 15) is 19.5 Å². The second-order valence-corrected chi connectivity index (χ2v) is 10.9. The summed E-state index contributed by atoms with van der Waals surface area (Å²) in [6.07, 6.45) is 5.95. The molecule has 1 N–H and O–H groups in total. The van der Waals surface area contributed by atoms with E-state index < -0.39 is 35.0 Å². The first-order valence-electron chi connectivity index (χ1n) is 13.5. The Kier molecular flexibility index (Phi) is 8.14. The number of nitrogens with zero attached hydrogens (tertiary/aromatic N) is 2. The molecule has 8 heteroatoms. The van der Waals surface area contributed by atoms with E-state index in [2.05, 4.69) is 13.2 Å². The number of hydrogen-bond donors (Lipinski definition) is 1. The van der Waals surface area contributed by atoms with Crippen molar-refractivity contribution in [2.75, 3.05) is 31.2 Å². The molecule has 2 unspecified atom stereocenters. The molecule has 8 nitrogen and oxygen atoms in total. The molecule has 1 aromatic carbocycles. The molecule has 1 spiro atoms. The van der Waals surface area contributed by atoms with Crippen LogP contribution < -0.4 is 4.90 Å². The van der Waals surface area contributed by atoms with Gasteiger partial charge in [-0.15, -0.1) is 13.2 Å². The Labute approximate surface area is 225 Å². The summed E-state index contributed by atoms with van der Waals surface area (Å²) in [7, 11) is 0. The van der Waals surface area contributed by atoms with Gasteiger partial charge < -0.3 is 24.4 Å². The Morgan fingerprint density at radius 3 is 2.55 bits per heavy atom. The zero-order valence-corrected chi connectivity index (χ0v) is 22.8. The Bertz CT molecular complexity index is 1100. The maximum Gasteiger partial charge on any atom is 0.312 e. The smallest absolute Gasteiger partial charge is 0.312 e. The molecule has 3 saturated heterocycles. The van der Waals surface area contributed by atoms with Crippen molar-refractivity contribution < 1.29 is 29.0 Å². The van der Waals surface area contributed by atoms with E-state index >= 15 is 0 Å². The number of carbonyl (C=O) groups excluding carboxylic acids is 3. The number of unbranched alkanes of at least 4 members (excludes halogenated alkanes) is 1. The average Bonchev–Trinajstić information content (AvgIpc) is 3.44. The van der Waals surface area contributed by atoms with Gasteiger partial charge in [-0.3, -0.25) is 14.4 Å². The number of esters is 1. The quantitative estimate of drug-likeness (QED) is 0.256. The third kappa shape index (κ3) is 4.47. The van der Waals surface area contributed by atoms with Crippen molar-refractivity contribution in [2.45, 2.75) is 70.1 Å². The van der Waals surface area contributed by atoms with Gasteiger partial charge in [0, 0.05) is 25.4 Å². The van der Waals surface area contributed by atoms with Gasteiger partial charge in [0.2, 0.25) is 5.91 Å². The molecular formula is C30H40N2O6. The third-order valence-corrected chi connectivity index (χ3v) is 8.43. The van der Waals surface area contributed by atoms with Gasteiger partial charge in [-0.25, -0.2) is 0 Å². The lowest BCUT2D eigenvalue weighted by Gasteiger charge is -2.37. The van der Waals surface area contributed by atoms with E-state index in [0.717, 1.165) is 16.8 Å². The second-order valence-electron chi connectivity index (χ2n) is 10.9. The number of rotatable bonds is 12. The van der Waals surface area contributed by atoms with Gasteiger partial charge in [-0.1, -0.05) is 30.4 Å². The first-order valence-corrected chi connectivity index (χ1v) is 13.5. The van der Waals surface area contributed by atoms with E-state index in [1.165, 1.54) is 0 Å². The highest BCUT2D eigenvalue weighted by atomic mass is 16.6. The number of fused-ring (bicyclic) bond motifs is 1. The normalized spacial score (nSPS) is 29.3. The van der Waals surface area contributed by atoms with Crippen LogP contribution in [0.4, 0.5) is 5.69 Å². The predicted molar refractivity (Wildman–Crippen MR) is 144 cm³/mol. The molecule has 0 radical (unpaired) electrons. The van der Waals surface area contributed by atoms with Crippen molar-refractivity contribution in [3.05, 3.63) is 54.6 Å². The van der Waals surface area contributed by atoms with Crippen molar-refractivity contribution in [1.29, 1.82) is 0 Å². The Morgan fingerprint density at radius 1 is 1.21 bits per heavy atom. The number of amides is 2. The van der Waals surface area contributed by atoms with Gasteiger partial charge in [-0.05, 0) is 64.0 Å². The van der Waals surface area contributed by atoms with Crippen LogP contribution in [0.2, 0.25) is 0 Å².